The number of benzene rings is 2. The van der Waals surface area contributed by atoms with Crippen molar-refractivity contribution in [3.63, 3.8) is 0 Å². The summed E-state index contributed by atoms with van der Waals surface area (Å²) < 4.78 is 68.3. The van der Waals surface area contributed by atoms with Gasteiger partial charge in [-0.3, -0.25) is 5.32 Å². The van der Waals surface area contributed by atoms with Gasteiger partial charge in [-0.25, -0.2) is 19.2 Å². The van der Waals surface area contributed by atoms with Gasteiger partial charge in [0.25, 0.3) is 0 Å². The minimum Gasteiger partial charge on any atom is -0.383 e. The van der Waals surface area contributed by atoms with Gasteiger partial charge >= 0.3 is 12.2 Å². The van der Waals surface area contributed by atoms with Gasteiger partial charge in [-0.2, -0.15) is 13.2 Å². The van der Waals surface area contributed by atoms with Crippen LogP contribution in [0.5, 0.6) is 0 Å². The standard InChI is InChI=1S/C31H27F4N7O3/c32-22-10-18(6-7-23(22)39-29(43)40-25-13-24(41-45-25)30(8-9-30)31(33,34)35)21-14-42(28-26(21)27(36)37-16-38-28)19-11-20(12-19)44-15-17-4-2-1-3-5-17/h1-7,10,13-14,16,19-20H,8-9,11-12,15H2,(H2,36,37,38)(H2,39,40,43). The number of carbonyl (C=O) groups excluding carboxylic acids is 1. The number of nitrogens with zero attached hydrogens (tertiary/aromatic N) is 4. The molecule has 5 aromatic rings. The molecule has 2 saturated carbocycles. The van der Waals surface area contributed by atoms with Crippen molar-refractivity contribution in [2.75, 3.05) is 16.4 Å². The molecule has 0 saturated heterocycles. The molecule has 2 aliphatic carbocycles. The number of anilines is 3. The van der Waals surface area contributed by atoms with Crippen LogP contribution in [-0.4, -0.2) is 38.0 Å². The summed E-state index contributed by atoms with van der Waals surface area (Å²) in [6.45, 7) is 0.529. The Balaban J connectivity index is 1.05. The second-order valence-corrected chi connectivity index (χ2v) is 11.4. The Hall–Kier alpha value is -4.98. The van der Waals surface area contributed by atoms with Crippen molar-refractivity contribution in [2.24, 2.45) is 0 Å². The molecule has 2 aliphatic rings. The summed E-state index contributed by atoms with van der Waals surface area (Å²) in [7, 11) is 0. The second-order valence-electron chi connectivity index (χ2n) is 11.4. The van der Waals surface area contributed by atoms with Crippen LogP contribution in [0.3, 0.4) is 0 Å². The quantitative estimate of drug-likeness (QED) is 0.160. The topological polar surface area (TPSA) is 133 Å². The minimum atomic E-state index is -4.48. The van der Waals surface area contributed by atoms with E-state index >= 15 is 4.39 Å². The van der Waals surface area contributed by atoms with Gasteiger partial charge in [-0.05, 0) is 48.9 Å². The van der Waals surface area contributed by atoms with E-state index in [1.165, 1.54) is 18.5 Å². The molecule has 3 aromatic heterocycles. The van der Waals surface area contributed by atoms with E-state index in [0.717, 1.165) is 24.5 Å². The van der Waals surface area contributed by atoms with E-state index < -0.39 is 23.4 Å². The van der Waals surface area contributed by atoms with Crippen LogP contribution in [0.1, 0.15) is 43.0 Å². The fourth-order valence-corrected chi connectivity index (χ4v) is 5.71. The first-order valence-corrected chi connectivity index (χ1v) is 14.3. The predicted octanol–water partition coefficient (Wildman–Crippen LogP) is 6.97. The molecule has 10 nitrogen and oxygen atoms in total. The summed E-state index contributed by atoms with van der Waals surface area (Å²) in [5, 5.41) is 8.67. The van der Waals surface area contributed by atoms with Gasteiger partial charge in [0.2, 0.25) is 5.88 Å². The number of hydrogen-bond donors (Lipinski definition) is 3. The van der Waals surface area contributed by atoms with E-state index in [9.17, 15) is 18.0 Å². The third-order valence-electron chi connectivity index (χ3n) is 8.49. The SMILES string of the molecule is Nc1ncnc2c1c(-c1ccc(NC(=O)Nc3cc(C4(C(F)(F)F)CC4)no3)c(F)c1)cn2C1CC(OCc2ccccc2)C1. The van der Waals surface area contributed by atoms with E-state index in [4.69, 9.17) is 15.0 Å². The fraction of sp³-hybridized carbons (Fsp3) is 0.290. The number of ether oxygens (including phenoxy) is 1. The van der Waals surface area contributed by atoms with Crippen LogP contribution in [0.2, 0.25) is 0 Å². The maximum absolute atomic E-state index is 15.3. The number of carbonyl (C=O) groups is 1. The Morgan fingerprint density at radius 2 is 1.87 bits per heavy atom. The van der Waals surface area contributed by atoms with Crippen LogP contribution in [0, 0.1) is 5.82 Å². The molecule has 2 aromatic carbocycles. The average Bonchev–Trinajstić information content (AvgIpc) is 3.55. The van der Waals surface area contributed by atoms with Crippen LogP contribution in [0.25, 0.3) is 22.2 Å². The molecule has 2 fully saturated rings. The molecule has 0 aliphatic heterocycles. The number of hydrogen-bond acceptors (Lipinski definition) is 7. The van der Waals surface area contributed by atoms with Gasteiger partial charge in [-0.1, -0.05) is 41.6 Å². The van der Waals surface area contributed by atoms with Gasteiger partial charge in [0.1, 0.15) is 34.7 Å². The molecule has 0 spiro atoms. The molecule has 3 heterocycles. The number of halogens is 4. The van der Waals surface area contributed by atoms with Crippen molar-refractivity contribution in [2.45, 2.75) is 56.0 Å². The lowest BCUT2D eigenvalue weighted by molar-refractivity contribution is -0.161. The van der Waals surface area contributed by atoms with Crippen molar-refractivity contribution in [1.82, 2.24) is 19.7 Å². The Bertz CT molecular complexity index is 1880. The molecule has 14 heteroatoms. The second kappa shape index (κ2) is 10.9. The number of nitrogens with one attached hydrogen (secondary N) is 2. The number of urea groups is 1. The Morgan fingerprint density at radius 1 is 1.09 bits per heavy atom. The molecular weight excluding hydrogens is 594 g/mol. The van der Waals surface area contributed by atoms with Crippen LogP contribution >= 0.6 is 0 Å². The van der Waals surface area contributed by atoms with Crippen molar-refractivity contribution in [1.29, 1.82) is 0 Å². The van der Waals surface area contributed by atoms with Crippen molar-refractivity contribution >= 4 is 34.5 Å². The highest BCUT2D eigenvalue weighted by Gasteiger charge is 2.66. The highest BCUT2D eigenvalue weighted by molar-refractivity contribution is 6.02. The Labute approximate surface area is 253 Å². The molecule has 4 N–H and O–H groups in total. The summed E-state index contributed by atoms with van der Waals surface area (Å²) in [6.07, 6.45) is 0.211. The lowest BCUT2D eigenvalue weighted by Gasteiger charge is -2.36. The number of amides is 2. The van der Waals surface area contributed by atoms with Crippen LogP contribution in [0.4, 0.5) is 39.7 Å². The summed E-state index contributed by atoms with van der Waals surface area (Å²) in [6, 6.07) is 14.4. The van der Waals surface area contributed by atoms with Crippen molar-refractivity contribution in [3.8, 4) is 11.1 Å². The van der Waals surface area contributed by atoms with E-state index in [1.807, 2.05) is 41.1 Å². The highest BCUT2D eigenvalue weighted by atomic mass is 19.4. The number of alkyl halides is 3. The molecular formula is C31H27F4N7O3. The molecule has 0 atom stereocenters. The summed E-state index contributed by atoms with van der Waals surface area (Å²) in [5.41, 5.74) is 6.57. The lowest BCUT2D eigenvalue weighted by Crippen LogP contribution is -2.33. The third-order valence-corrected chi connectivity index (χ3v) is 8.49. The lowest BCUT2D eigenvalue weighted by atomic mass is 9.89. The first kappa shape index (κ1) is 28.8. The average molecular weight is 622 g/mol. The van der Waals surface area contributed by atoms with Gasteiger partial charge in [0.15, 0.2) is 0 Å². The van der Waals surface area contributed by atoms with Crippen LogP contribution in [-0.2, 0) is 16.8 Å². The number of rotatable bonds is 8. The number of fused-ring (bicyclic) bond motifs is 1. The summed E-state index contributed by atoms with van der Waals surface area (Å²) >= 11 is 0. The molecule has 0 unspecified atom stereocenters. The maximum atomic E-state index is 15.3. The smallest absolute Gasteiger partial charge is 0.383 e. The molecule has 0 bridgehead atoms. The third kappa shape index (κ3) is 5.35. The van der Waals surface area contributed by atoms with Gasteiger partial charge in [0, 0.05) is 23.9 Å². The van der Waals surface area contributed by atoms with E-state index in [1.54, 1.807) is 6.07 Å². The first-order valence-electron chi connectivity index (χ1n) is 14.3. The van der Waals surface area contributed by atoms with Crippen molar-refractivity contribution in [3.05, 3.63) is 84.2 Å². The zero-order chi connectivity index (χ0) is 31.3. The normalized spacial score (nSPS) is 18.8. The molecule has 0 radical (unpaired) electrons. The van der Waals surface area contributed by atoms with E-state index in [-0.39, 0.29) is 48.1 Å². The largest absolute Gasteiger partial charge is 0.400 e. The van der Waals surface area contributed by atoms with Crippen LogP contribution < -0.4 is 16.4 Å². The van der Waals surface area contributed by atoms with Crippen molar-refractivity contribution < 1.29 is 31.6 Å². The first-order chi connectivity index (χ1) is 21.6. The Morgan fingerprint density at radius 3 is 2.58 bits per heavy atom. The van der Waals surface area contributed by atoms with E-state index in [2.05, 4.69) is 25.8 Å². The predicted molar refractivity (Wildman–Crippen MR) is 157 cm³/mol. The maximum Gasteiger partial charge on any atom is 0.400 e. The number of aromatic nitrogens is 4. The van der Waals surface area contributed by atoms with Gasteiger partial charge in [-0.15, -0.1) is 0 Å². The molecule has 7 rings (SSSR count). The summed E-state index contributed by atoms with van der Waals surface area (Å²) in [5.74, 6) is -0.789. The summed E-state index contributed by atoms with van der Waals surface area (Å²) in [4.78, 5) is 21.1. The number of nitrogen functional groups attached to an aromatic ring is 1. The van der Waals surface area contributed by atoms with Crippen LogP contribution in [0.15, 0.2) is 71.6 Å². The van der Waals surface area contributed by atoms with Gasteiger partial charge in [0.05, 0.1) is 23.8 Å². The molecule has 232 valence electrons. The van der Waals surface area contributed by atoms with Gasteiger partial charge < -0.3 is 24.9 Å². The van der Waals surface area contributed by atoms with E-state index in [0.29, 0.717) is 28.8 Å². The molecule has 45 heavy (non-hydrogen) atoms. The highest BCUT2D eigenvalue weighted by Crippen LogP contribution is 2.58. The Kier molecular flexibility index (Phi) is 6.95. The fourth-order valence-electron chi connectivity index (χ4n) is 5.71. The monoisotopic (exact) mass is 621 g/mol. The zero-order valence-corrected chi connectivity index (χ0v) is 23.6. The molecule has 2 amide bonds. The minimum absolute atomic E-state index is 0.0900. The zero-order valence-electron chi connectivity index (χ0n) is 23.6. The number of nitrogens with two attached hydrogens (primary N) is 1.